The van der Waals surface area contributed by atoms with E-state index >= 15 is 0 Å². The molecule has 0 bridgehead atoms. The number of nitrogens with one attached hydrogen (secondary N) is 3. The molecule has 0 unspecified atom stereocenters. The molecule has 0 radical (unpaired) electrons. The standard InChI is InChI=1S/C30H39N7O3/c1-21(2)20-40-29(39)36-17-11-30(10-13-31,12-18-36)37-25-9-16-33-28(38)26(25)27(35-37)34-24-7-6-22-8-15-32-14-4-3-5-23(22)19-24/h6-7,9,16,19,21,32H,3-5,8,10-12,14-15,17-18,20H2,1-2H3,(H,33,38)(H,34,35). The molecule has 1 saturated heterocycles. The van der Waals surface area contributed by atoms with Crippen molar-refractivity contribution < 1.29 is 9.53 Å². The average Bonchev–Trinajstić information content (AvgIpc) is 3.37. The van der Waals surface area contributed by atoms with Crippen LogP contribution in [0.25, 0.3) is 10.9 Å². The Hall–Kier alpha value is -3.84. The number of hydrogen-bond acceptors (Lipinski definition) is 7. The van der Waals surface area contributed by atoms with Gasteiger partial charge in [0.25, 0.3) is 5.56 Å². The zero-order valence-electron chi connectivity index (χ0n) is 23.5. The highest BCUT2D eigenvalue weighted by molar-refractivity contribution is 5.91. The number of H-pyrrole nitrogens is 1. The molecule has 1 amide bonds. The fraction of sp³-hybridized carbons (Fsp3) is 0.533. The summed E-state index contributed by atoms with van der Waals surface area (Å²) in [5, 5.41) is 22.2. The Bertz CT molecular complexity index is 1440. The van der Waals surface area contributed by atoms with Gasteiger partial charge in [0.2, 0.25) is 0 Å². The Morgan fingerprint density at radius 3 is 2.77 bits per heavy atom. The number of nitriles is 1. The Balaban J connectivity index is 1.45. The zero-order chi connectivity index (χ0) is 28.1. The molecular formula is C30H39N7O3. The van der Waals surface area contributed by atoms with Crippen LogP contribution in [0.5, 0.6) is 0 Å². The number of carbonyl (C=O) groups is 1. The number of hydrogen-bond donors (Lipinski definition) is 3. The van der Waals surface area contributed by atoms with Crippen LogP contribution in [-0.4, -0.2) is 58.5 Å². The lowest BCUT2D eigenvalue weighted by molar-refractivity contribution is 0.0608. The predicted octanol–water partition coefficient (Wildman–Crippen LogP) is 4.43. The van der Waals surface area contributed by atoms with Crippen molar-refractivity contribution in [3.8, 4) is 6.07 Å². The van der Waals surface area contributed by atoms with Crippen LogP contribution in [0.3, 0.4) is 0 Å². The maximum absolute atomic E-state index is 13.1. The van der Waals surface area contributed by atoms with Gasteiger partial charge in [-0.25, -0.2) is 4.79 Å². The van der Waals surface area contributed by atoms with E-state index < -0.39 is 5.54 Å². The molecule has 1 aromatic carbocycles. The van der Waals surface area contributed by atoms with Crippen LogP contribution in [0.1, 0.15) is 57.1 Å². The van der Waals surface area contributed by atoms with Gasteiger partial charge in [-0.15, -0.1) is 0 Å². The molecule has 10 nitrogen and oxygen atoms in total. The van der Waals surface area contributed by atoms with Crippen molar-refractivity contribution in [3.63, 3.8) is 0 Å². The van der Waals surface area contributed by atoms with Crippen molar-refractivity contribution in [2.24, 2.45) is 5.92 Å². The highest BCUT2D eigenvalue weighted by Crippen LogP contribution is 2.37. The predicted molar refractivity (Wildman–Crippen MR) is 155 cm³/mol. The smallest absolute Gasteiger partial charge is 0.409 e. The number of amides is 1. The maximum atomic E-state index is 13.1. The van der Waals surface area contributed by atoms with Gasteiger partial charge in [0.1, 0.15) is 5.39 Å². The number of likely N-dealkylation sites (tertiary alicyclic amines) is 1. The van der Waals surface area contributed by atoms with Gasteiger partial charge >= 0.3 is 6.09 Å². The van der Waals surface area contributed by atoms with Gasteiger partial charge in [0.15, 0.2) is 5.82 Å². The largest absolute Gasteiger partial charge is 0.449 e. The molecule has 3 aromatic rings. The van der Waals surface area contributed by atoms with Gasteiger partial charge in [-0.3, -0.25) is 9.48 Å². The topological polar surface area (TPSA) is 128 Å². The van der Waals surface area contributed by atoms with E-state index in [2.05, 4.69) is 33.8 Å². The number of nitrogens with zero attached hydrogens (tertiary/aromatic N) is 4. The van der Waals surface area contributed by atoms with Crippen LogP contribution >= 0.6 is 0 Å². The monoisotopic (exact) mass is 545 g/mol. The number of benzene rings is 1. The Labute approximate surface area is 234 Å². The summed E-state index contributed by atoms with van der Waals surface area (Å²) in [7, 11) is 0. The summed E-state index contributed by atoms with van der Waals surface area (Å²) < 4.78 is 7.29. The van der Waals surface area contributed by atoms with E-state index in [9.17, 15) is 14.9 Å². The number of fused-ring (bicyclic) bond motifs is 2. The quantitative estimate of drug-likeness (QED) is 0.418. The number of anilines is 2. The van der Waals surface area contributed by atoms with Crippen LogP contribution in [0.15, 0.2) is 35.3 Å². The maximum Gasteiger partial charge on any atom is 0.409 e. The molecule has 0 saturated carbocycles. The first-order chi connectivity index (χ1) is 19.4. The summed E-state index contributed by atoms with van der Waals surface area (Å²) in [5.41, 5.74) is 3.35. The van der Waals surface area contributed by atoms with Crippen LogP contribution in [0, 0.1) is 17.2 Å². The minimum Gasteiger partial charge on any atom is -0.449 e. The number of ether oxygens (including phenoxy) is 1. The van der Waals surface area contributed by atoms with Gasteiger partial charge in [-0.1, -0.05) is 19.9 Å². The summed E-state index contributed by atoms with van der Waals surface area (Å²) in [6, 6.07) is 10.6. The molecule has 0 spiro atoms. The second-order valence-electron chi connectivity index (χ2n) is 11.4. The van der Waals surface area contributed by atoms with E-state index in [1.807, 2.05) is 30.7 Å². The van der Waals surface area contributed by atoms with Crippen LogP contribution < -0.4 is 16.2 Å². The fourth-order valence-electron chi connectivity index (χ4n) is 5.80. The third kappa shape index (κ3) is 5.85. The van der Waals surface area contributed by atoms with Gasteiger partial charge in [-0.2, -0.15) is 10.4 Å². The summed E-state index contributed by atoms with van der Waals surface area (Å²) in [5.74, 6) is 0.731. The molecule has 2 aromatic heterocycles. The molecule has 4 heterocycles. The Morgan fingerprint density at radius 1 is 1.18 bits per heavy atom. The fourth-order valence-corrected chi connectivity index (χ4v) is 5.80. The lowest BCUT2D eigenvalue weighted by Crippen LogP contribution is -2.48. The molecule has 2 aliphatic rings. The van der Waals surface area contributed by atoms with E-state index in [4.69, 9.17) is 9.84 Å². The SMILES string of the molecule is CC(C)COC(=O)N1CCC(CC#N)(n2nc(Nc3ccc4c(c3)CCCCNCC4)c3c(=O)[nH]ccc32)CC1. The van der Waals surface area contributed by atoms with Crippen molar-refractivity contribution >= 4 is 28.5 Å². The molecule has 0 atom stereocenters. The van der Waals surface area contributed by atoms with Gasteiger partial charge < -0.3 is 25.3 Å². The van der Waals surface area contributed by atoms with Crippen molar-refractivity contribution in [2.45, 2.75) is 64.3 Å². The third-order valence-corrected chi connectivity index (χ3v) is 8.04. The van der Waals surface area contributed by atoms with E-state index in [-0.39, 0.29) is 24.0 Å². The number of pyridine rings is 1. The molecule has 5 rings (SSSR count). The second-order valence-corrected chi connectivity index (χ2v) is 11.4. The second kappa shape index (κ2) is 12.1. The first-order valence-electron chi connectivity index (χ1n) is 14.4. The Kier molecular flexibility index (Phi) is 8.40. The van der Waals surface area contributed by atoms with Crippen molar-refractivity contribution in [1.82, 2.24) is 25.0 Å². The van der Waals surface area contributed by atoms with Gasteiger partial charge in [-0.05, 0) is 86.9 Å². The van der Waals surface area contributed by atoms with Crippen molar-refractivity contribution in [3.05, 3.63) is 51.9 Å². The number of piperidine rings is 1. The molecule has 2 aliphatic heterocycles. The molecule has 3 N–H and O–H groups in total. The summed E-state index contributed by atoms with van der Waals surface area (Å²) in [6.45, 7) is 7.30. The van der Waals surface area contributed by atoms with Gasteiger partial charge in [0.05, 0.1) is 30.2 Å². The summed E-state index contributed by atoms with van der Waals surface area (Å²) in [4.78, 5) is 30.2. The Morgan fingerprint density at radius 2 is 2.00 bits per heavy atom. The van der Waals surface area contributed by atoms with Crippen molar-refractivity contribution in [1.29, 1.82) is 5.26 Å². The highest BCUT2D eigenvalue weighted by atomic mass is 16.6. The molecule has 1 fully saturated rings. The lowest BCUT2D eigenvalue weighted by atomic mass is 9.85. The van der Waals surface area contributed by atoms with E-state index in [1.54, 1.807) is 11.1 Å². The summed E-state index contributed by atoms with van der Waals surface area (Å²) >= 11 is 0. The number of rotatable bonds is 6. The molecule has 212 valence electrons. The minimum absolute atomic E-state index is 0.220. The first kappa shape index (κ1) is 27.7. The third-order valence-electron chi connectivity index (χ3n) is 8.04. The van der Waals surface area contributed by atoms with Gasteiger partial charge in [0, 0.05) is 25.0 Å². The normalized spacial score (nSPS) is 17.4. The van der Waals surface area contributed by atoms with E-state index in [0.717, 1.165) is 44.5 Å². The number of carbonyl (C=O) groups excluding carboxylic acids is 1. The van der Waals surface area contributed by atoms with Crippen LogP contribution in [-0.2, 0) is 23.1 Å². The van der Waals surface area contributed by atoms with Crippen molar-refractivity contribution in [2.75, 3.05) is 38.1 Å². The molecule has 0 aliphatic carbocycles. The average molecular weight is 546 g/mol. The number of aryl methyl sites for hydroxylation is 1. The molecule has 40 heavy (non-hydrogen) atoms. The van der Waals surface area contributed by atoms with E-state index in [0.29, 0.717) is 49.3 Å². The van der Waals surface area contributed by atoms with E-state index in [1.165, 1.54) is 11.1 Å². The van der Waals surface area contributed by atoms with Crippen LogP contribution in [0.2, 0.25) is 0 Å². The highest BCUT2D eigenvalue weighted by Gasteiger charge is 2.40. The van der Waals surface area contributed by atoms with Crippen LogP contribution in [0.4, 0.5) is 16.3 Å². The summed E-state index contributed by atoms with van der Waals surface area (Å²) in [6.07, 6.45) is 6.87. The molecule has 10 heteroatoms. The molecular weight excluding hydrogens is 506 g/mol. The number of aromatic amines is 1. The minimum atomic E-state index is -0.646. The first-order valence-corrected chi connectivity index (χ1v) is 14.4. The number of aromatic nitrogens is 3. The lowest BCUT2D eigenvalue weighted by Gasteiger charge is -2.40. The zero-order valence-corrected chi connectivity index (χ0v) is 23.5.